The molecule has 0 fully saturated rings. The third-order valence-electron chi connectivity index (χ3n) is 3.87. The smallest absolute Gasteiger partial charge is 0.265 e. The van der Waals surface area contributed by atoms with E-state index in [1.165, 1.54) is 11.3 Å². The van der Waals surface area contributed by atoms with Crippen LogP contribution in [0.3, 0.4) is 0 Å². The van der Waals surface area contributed by atoms with Gasteiger partial charge in [-0.1, -0.05) is 0 Å². The van der Waals surface area contributed by atoms with Gasteiger partial charge >= 0.3 is 0 Å². The lowest BCUT2D eigenvalue weighted by atomic mass is 10.3. The van der Waals surface area contributed by atoms with Crippen LogP contribution in [0.2, 0.25) is 0 Å². The van der Waals surface area contributed by atoms with E-state index in [0.717, 1.165) is 11.3 Å². The summed E-state index contributed by atoms with van der Waals surface area (Å²) in [5.74, 6) is 1.46. The van der Waals surface area contributed by atoms with Crippen molar-refractivity contribution in [2.45, 2.75) is 13.8 Å². The average molecular weight is 391 g/mol. The summed E-state index contributed by atoms with van der Waals surface area (Å²) in [6, 6.07) is 14.4. The van der Waals surface area contributed by atoms with Crippen molar-refractivity contribution in [2.75, 3.05) is 5.32 Å². The van der Waals surface area contributed by atoms with E-state index in [9.17, 15) is 4.79 Å². The Morgan fingerprint density at radius 3 is 2.50 bits per heavy atom. The third kappa shape index (κ3) is 4.07. The summed E-state index contributed by atoms with van der Waals surface area (Å²) >= 11 is 1.42. The fourth-order valence-electron chi connectivity index (χ4n) is 2.50. The molecule has 0 saturated heterocycles. The highest BCUT2D eigenvalue weighted by molar-refractivity contribution is 7.12. The van der Waals surface area contributed by atoms with Crippen LogP contribution in [0, 0.1) is 13.8 Å². The molecule has 3 heterocycles. The van der Waals surface area contributed by atoms with E-state index in [4.69, 9.17) is 4.74 Å². The summed E-state index contributed by atoms with van der Waals surface area (Å²) < 4.78 is 7.36. The Morgan fingerprint density at radius 1 is 1.07 bits per heavy atom. The third-order valence-corrected chi connectivity index (χ3v) is 4.92. The van der Waals surface area contributed by atoms with Crippen LogP contribution in [-0.2, 0) is 0 Å². The van der Waals surface area contributed by atoms with Gasteiger partial charge in [0.2, 0.25) is 5.88 Å². The fraction of sp³-hybridized carbons (Fsp3) is 0.100. The van der Waals surface area contributed by atoms with Crippen LogP contribution >= 0.6 is 11.3 Å². The van der Waals surface area contributed by atoms with Gasteiger partial charge in [0, 0.05) is 18.0 Å². The van der Waals surface area contributed by atoms with Crippen molar-refractivity contribution in [1.82, 2.24) is 20.0 Å². The SMILES string of the molecule is Cc1csc(C(=O)Nc2ccc(Oc3ccc(-n4ccc(C)n4)nn3)cc2)c1. The molecular formula is C20H17N5O2S. The quantitative estimate of drug-likeness (QED) is 0.546. The maximum Gasteiger partial charge on any atom is 0.265 e. The minimum absolute atomic E-state index is 0.123. The van der Waals surface area contributed by atoms with Gasteiger partial charge < -0.3 is 10.1 Å². The highest BCUT2D eigenvalue weighted by Gasteiger charge is 2.09. The zero-order valence-electron chi connectivity index (χ0n) is 15.3. The highest BCUT2D eigenvalue weighted by Crippen LogP contribution is 2.22. The molecule has 0 radical (unpaired) electrons. The molecule has 1 aromatic carbocycles. The topological polar surface area (TPSA) is 81.9 Å². The molecule has 0 spiro atoms. The summed E-state index contributed by atoms with van der Waals surface area (Å²) in [4.78, 5) is 12.9. The molecule has 0 aliphatic carbocycles. The first kappa shape index (κ1) is 17.9. The second kappa shape index (κ2) is 7.61. The van der Waals surface area contributed by atoms with E-state index in [2.05, 4.69) is 20.6 Å². The number of nitrogens with one attached hydrogen (secondary N) is 1. The average Bonchev–Trinajstić information content (AvgIpc) is 3.32. The molecule has 0 aliphatic rings. The Kier molecular flexibility index (Phi) is 4.86. The van der Waals surface area contributed by atoms with Gasteiger partial charge in [0.15, 0.2) is 5.82 Å². The molecular weight excluding hydrogens is 374 g/mol. The predicted octanol–water partition coefficient (Wildman–Crippen LogP) is 4.39. The van der Waals surface area contributed by atoms with Gasteiger partial charge in [-0.15, -0.1) is 21.5 Å². The van der Waals surface area contributed by atoms with Crippen molar-refractivity contribution >= 4 is 22.9 Å². The number of carbonyl (C=O) groups is 1. The predicted molar refractivity (Wildman–Crippen MR) is 107 cm³/mol. The largest absolute Gasteiger partial charge is 0.438 e. The molecule has 0 unspecified atom stereocenters. The van der Waals surface area contributed by atoms with Crippen molar-refractivity contribution in [3.05, 3.63) is 76.2 Å². The summed E-state index contributed by atoms with van der Waals surface area (Å²) in [7, 11) is 0. The van der Waals surface area contributed by atoms with Gasteiger partial charge in [-0.25, -0.2) is 4.68 Å². The number of nitrogens with zero attached hydrogens (tertiary/aromatic N) is 4. The van der Waals surface area contributed by atoms with E-state index >= 15 is 0 Å². The van der Waals surface area contributed by atoms with Crippen LogP contribution in [0.15, 0.2) is 60.1 Å². The molecule has 4 aromatic rings. The highest BCUT2D eigenvalue weighted by atomic mass is 32.1. The number of hydrogen-bond donors (Lipinski definition) is 1. The fourth-order valence-corrected chi connectivity index (χ4v) is 3.30. The van der Waals surface area contributed by atoms with Crippen LogP contribution in [-0.4, -0.2) is 25.9 Å². The van der Waals surface area contributed by atoms with E-state index in [-0.39, 0.29) is 5.91 Å². The number of ether oxygens (including phenoxy) is 1. The van der Waals surface area contributed by atoms with E-state index in [1.54, 1.807) is 41.1 Å². The number of carbonyl (C=O) groups excluding carboxylic acids is 1. The first-order chi connectivity index (χ1) is 13.6. The number of amides is 1. The molecule has 7 nitrogen and oxygen atoms in total. The van der Waals surface area contributed by atoms with Crippen LogP contribution in [0.5, 0.6) is 11.6 Å². The molecule has 140 valence electrons. The molecule has 4 rings (SSSR count). The molecule has 1 amide bonds. The Labute approximate surface area is 165 Å². The molecule has 0 bridgehead atoms. The second-order valence-corrected chi connectivity index (χ2v) is 7.11. The number of rotatable bonds is 5. The van der Waals surface area contributed by atoms with Crippen molar-refractivity contribution in [3.8, 4) is 17.4 Å². The van der Waals surface area contributed by atoms with Crippen molar-refractivity contribution in [2.24, 2.45) is 0 Å². The Balaban J connectivity index is 1.39. The van der Waals surface area contributed by atoms with Crippen LogP contribution in [0.25, 0.3) is 5.82 Å². The summed E-state index contributed by atoms with van der Waals surface area (Å²) in [6.45, 7) is 3.87. The molecule has 28 heavy (non-hydrogen) atoms. The van der Waals surface area contributed by atoms with Crippen LogP contribution in [0.1, 0.15) is 20.9 Å². The Morgan fingerprint density at radius 2 is 1.89 bits per heavy atom. The lowest BCUT2D eigenvalue weighted by Gasteiger charge is -2.07. The number of benzene rings is 1. The summed E-state index contributed by atoms with van der Waals surface area (Å²) in [6.07, 6.45) is 1.82. The minimum Gasteiger partial charge on any atom is -0.438 e. The standard InChI is InChI=1S/C20H17N5O2S/c1-13-11-17(28-12-13)20(26)21-15-3-5-16(6-4-15)27-19-8-7-18(22-23-19)25-10-9-14(2)24-25/h3-12H,1-2H3,(H,21,26). The normalized spacial score (nSPS) is 10.6. The first-order valence-electron chi connectivity index (χ1n) is 8.57. The van der Waals surface area contributed by atoms with Crippen molar-refractivity contribution < 1.29 is 9.53 Å². The minimum atomic E-state index is -0.123. The van der Waals surface area contributed by atoms with E-state index in [0.29, 0.717) is 28.0 Å². The number of anilines is 1. The summed E-state index contributed by atoms with van der Waals surface area (Å²) in [5.41, 5.74) is 2.68. The number of aryl methyl sites for hydroxylation is 2. The van der Waals surface area contributed by atoms with Gasteiger partial charge in [-0.3, -0.25) is 4.79 Å². The van der Waals surface area contributed by atoms with Gasteiger partial charge in [0.1, 0.15) is 5.75 Å². The zero-order chi connectivity index (χ0) is 19.5. The Bertz CT molecular complexity index is 1100. The van der Waals surface area contributed by atoms with Crippen LogP contribution in [0.4, 0.5) is 5.69 Å². The van der Waals surface area contributed by atoms with Gasteiger partial charge in [0.05, 0.1) is 10.6 Å². The Hall–Kier alpha value is -3.52. The number of thiophene rings is 1. The maximum absolute atomic E-state index is 12.2. The molecule has 1 N–H and O–H groups in total. The molecule has 3 aromatic heterocycles. The molecule has 0 aliphatic heterocycles. The number of aromatic nitrogens is 4. The number of hydrogen-bond acceptors (Lipinski definition) is 6. The van der Waals surface area contributed by atoms with Crippen molar-refractivity contribution in [3.63, 3.8) is 0 Å². The monoisotopic (exact) mass is 391 g/mol. The molecule has 0 atom stereocenters. The molecule has 8 heteroatoms. The van der Waals surface area contributed by atoms with E-state index < -0.39 is 0 Å². The summed E-state index contributed by atoms with van der Waals surface area (Å²) in [5, 5.41) is 17.3. The van der Waals surface area contributed by atoms with E-state index in [1.807, 2.05) is 37.6 Å². The lowest BCUT2D eigenvalue weighted by Crippen LogP contribution is -2.09. The zero-order valence-corrected chi connectivity index (χ0v) is 16.1. The van der Waals surface area contributed by atoms with Gasteiger partial charge in [-0.05, 0) is 67.3 Å². The van der Waals surface area contributed by atoms with Crippen LogP contribution < -0.4 is 10.1 Å². The first-order valence-corrected chi connectivity index (χ1v) is 9.45. The van der Waals surface area contributed by atoms with Gasteiger partial charge in [-0.2, -0.15) is 5.10 Å². The van der Waals surface area contributed by atoms with Gasteiger partial charge in [0.25, 0.3) is 5.91 Å². The maximum atomic E-state index is 12.2. The van der Waals surface area contributed by atoms with Crippen molar-refractivity contribution in [1.29, 1.82) is 0 Å². The second-order valence-electron chi connectivity index (χ2n) is 6.20. The molecule has 0 saturated carbocycles. The lowest BCUT2D eigenvalue weighted by molar-refractivity contribution is 0.103.